The first-order valence-corrected chi connectivity index (χ1v) is 6.57. The van der Waals surface area contributed by atoms with Crippen LogP contribution in [0.15, 0.2) is 34.5 Å². The molecule has 2 nitrogen and oxygen atoms in total. The average molecular weight is 257 g/mol. The molecule has 1 aromatic heterocycles. The predicted octanol–water partition coefficient (Wildman–Crippen LogP) is 3.67. The van der Waals surface area contributed by atoms with Crippen LogP contribution < -0.4 is 5.73 Å². The largest absolute Gasteiger partial charge is 0.383 e. The Morgan fingerprint density at radius 3 is 2.87 bits per heavy atom. The van der Waals surface area contributed by atoms with Crippen LogP contribution in [0, 0.1) is 0 Å². The molecule has 0 fully saturated rings. The monoisotopic (exact) mass is 256 g/mol. The lowest BCUT2D eigenvalue weighted by atomic mass is 10.4. The summed E-state index contributed by atoms with van der Waals surface area (Å²) in [5.74, 6) is 1.40. The van der Waals surface area contributed by atoms with Gasteiger partial charge in [-0.25, -0.2) is 4.98 Å². The Morgan fingerprint density at radius 2 is 2.20 bits per heavy atom. The highest BCUT2D eigenvalue weighted by molar-refractivity contribution is 7.98. The van der Waals surface area contributed by atoms with Gasteiger partial charge in [-0.1, -0.05) is 23.7 Å². The number of hydrogen-bond donors (Lipinski definition) is 1. The van der Waals surface area contributed by atoms with E-state index in [1.54, 1.807) is 23.1 Å². The molecule has 0 aliphatic heterocycles. The third kappa shape index (κ3) is 2.87. The summed E-state index contributed by atoms with van der Waals surface area (Å²) in [6.07, 6.45) is 0. The first kappa shape index (κ1) is 10.8. The van der Waals surface area contributed by atoms with E-state index in [9.17, 15) is 0 Å². The molecule has 0 aliphatic carbocycles. The lowest BCUT2D eigenvalue weighted by molar-refractivity contribution is 1.27. The third-order valence-electron chi connectivity index (χ3n) is 1.76. The Morgan fingerprint density at radius 1 is 1.40 bits per heavy atom. The summed E-state index contributed by atoms with van der Waals surface area (Å²) in [6, 6.07) is 7.79. The van der Waals surface area contributed by atoms with Gasteiger partial charge in [-0.15, -0.1) is 23.1 Å². The molecule has 5 heteroatoms. The van der Waals surface area contributed by atoms with Crippen LogP contribution >= 0.6 is 34.7 Å². The van der Waals surface area contributed by atoms with Crippen molar-refractivity contribution < 1.29 is 0 Å². The summed E-state index contributed by atoms with van der Waals surface area (Å²) >= 11 is 9.28. The van der Waals surface area contributed by atoms with Crippen molar-refractivity contribution in [2.24, 2.45) is 0 Å². The highest BCUT2D eigenvalue weighted by atomic mass is 35.5. The molecule has 0 radical (unpaired) electrons. The molecule has 0 saturated heterocycles. The van der Waals surface area contributed by atoms with Crippen molar-refractivity contribution in [1.82, 2.24) is 4.98 Å². The highest BCUT2D eigenvalue weighted by Crippen LogP contribution is 2.30. The zero-order valence-corrected chi connectivity index (χ0v) is 10.2. The normalized spacial score (nSPS) is 10.5. The van der Waals surface area contributed by atoms with Crippen LogP contribution in [0.1, 0.15) is 5.01 Å². The average Bonchev–Trinajstić information content (AvgIpc) is 2.63. The molecular formula is C10H9ClN2S2. The lowest BCUT2D eigenvalue weighted by Crippen LogP contribution is -1.85. The van der Waals surface area contributed by atoms with E-state index >= 15 is 0 Å². The zero-order valence-electron chi connectivity index (χ0n) is 7.81. The number of aromatic nitrogens is 1. The van der Waals surface area contributed by atoms with E-state index in [0.29, 0.717) is 5.82 Å². The molecule has 2 aromatic rings. The molecule has 15 heavy (non-hydrogen) atoms. The Kier molecular flexibility index (Phi) is 3.51. The molecule has 1 aromatic carbocycles. The van der Waals surface area contributed by atoms with E-state index in [1.807, 2.05) is 29.6 Å². The molecule has 78 valence electrons. The molecular weight excluding hydrogens is 248 g/mol. The van der Waals surface area contributed by atoms with Crippen molar-refractivity contribution in [2.45, 2.75) is 10.6 Å². The molecule has 0 amide bonds. The molecule has 0 aliphatic rings. The second-order valence-corrected chi connectivity index (χ2v) is 5.25. The van der Waals surface area contributed by atoms with Gasteiger partial charge in [0.2, 0.25) is 0 Å². The van der Waals surface area contributed by atoms with Crippen LogP contribution in [0.2, 0.25) is 5.02 Å². The number of thiazole rings is 1. The molecule has 0 saturated carbocycles. The van der Waals surface area contributed by atoms with E-state index in [-0.39, 0.29) is 0 Å². The van der Waals surface area contributed by atoms with Gasteiger partial charge in [0.25, 0.3) is 0 Å². The highest BCUT2D eigenvalue weighted by Gasteiger charge is 2.03. The predicted molar refractivity (Wildman–Crippen MR) is 67.5 cm³/mol. The van der Waals surface area contributed by atoms with Gasteiger partial charge in [-0.2, -0.15) is 0 Å². The van der Waals surface area contributed by atoms with Gasteiger partial charge in [0.05, 0.1) is 10.8 Å². The molecule has 2 N–H and O–H groups in total. The quantitative estimate of drug-likeness (QED) is 0.852. The maximum atomic E-state index is 6.03. The SMILES string of the molecule is Nc1csc(CSc2ccccc2Cl)n1. The minimum absolute atomic E-state index is 0.592. The fourth-order valence-corrected chi connectivity index (χ4v) is 3.03. The Labute approximate surface area is 101 Å². The van der Waals surface area contributed by atoms with Crippen LogP contribution in [0.25, 0.3) is 0 Å². The smallest absolute Gasteiger partial charge is 0.134 e. The second kappa shape index (κ2) is 4.88. The van der Waals surface area contributed by atoms with E-state index in [1.165, 1.54) is 0 Å². The van der Waals surface area contributed by atoms with Crippen molar-refractivity contribution in [3.8, 4) is 0 Å². The minimum atomic E-state index is 0.592. The third-order valence-corrected chi connectivity index (χ3v) is 4.33. The number of nitrogens with zero attached hydrogens (tertiary/aromatic N) is 1. The number of rotatable bonds is 3. The standard InChI is InChI=1S/C10H9ClN2S2/c11-7-3-1-2-4-8(7)14-6-10-13-9(12)5-15-10/h1-5H,6,12H2. The molecule has 0 atom stereocenters. The van der Waals surface area contributed by atoms with E-state index in [0.717, 1.165) is 20.7 Å². The van der Waals surface area contributed by atoms with Crippen LogP contribution in [0.5, 0.6) is 0 Å². The zero-order chi connectivity index (χ0) is 10.7. The number of nitrogen functional groups attached to an aromatic ring is 1. The van der Waals surface area contributed by atoms with Crippen LogP contribution in [-0.4, -0.2) is 4.98 Å². The molecule has 2 rings (SSSR count). The molecule has 0 unspecified atom stereocenters. The maximum Gasteiger partial charge on any atom is 0.134 e. The van der Waals surface area contributed by atoms with Crippen molar-refractivity contribution in [3.05, 3.63) is 39.7 Å². The first-order chi connectivity index (χ1) is 7.25. The van der Waals surface area contributed by atoms with Gasteiger partial charge in [0.1, 0.15) is 10.8 Å². The fourth-order valence-electron chi connectivity index (χ4n) is 1.09. The van der Waals surface area contributed by atoms with Gasteiger partial charge in [0, 0.05) is 10.3 Å². The van der Waals surface area contributed by atoms with Crippen LogP contribution in [0.4, 0.5) is 5.82 Å². The van der Waals surface area contributed by atoms with Gasteiger partial charge in [-0.05, 0) is 12.1 Å². The van der Waals surface area contributed by atoms with Crippen molar-refractivity contribution in [3.63, 3.8) is 0 Å². The Bertz CT molecular complexity index is 456. The maximum absolute atomic E-state index is 6.03. The van der Waals surface area contributed by atoms with E-state index in [2.05, 4.69) is 4.98 Å². The van der Waals surface area contributed by atoms with Gasteiger partial charge in [-0.3, -0.25) is 0 Å². The van der Waals surface area contributed by atoms with Crippen LogP contribution in [0.3, 0.4) is 0 Å². The van der Waals surface area contributed by atoms with Crippen molar-refractivity contribution in [1.29, 1.82) is 0 Å². The van der Waals surface area contributed by atoms with E-state index < -0.39 is 0 Å². The summed E-state index contributed by atoms with van der Waals surface area (Å²) in [5, 5.41) is 3.66. The Balaban J connectivity index is 2.02. The summed E-state index contributed by atoms with van der Waals surface area (Å²) in [7, 11) is 0. The van der Waals surface area contributed by atoms with Crippen molar-refractivity contribution in [2.75, 3.05) is 5.73 Å². The number of halogens is 1. The molecule has 0 spiro atoms. The summed E-state index contributed by atoms with van der Waals surface area (Å²) in [4.78, 5) is 5.26. The summed E-state index contributed by atoms with van der Waals surface area (Å²) in [5.41, 5.74) is 5.54. The number of thioether (sulfide) groups is 1. The van der Waals surface area contributed by atoms with Crippen molar-refractivity contribution >= 4 is 40.5 Å². The topological polar surface area (TPSA) is 38.9 Å². The van der Waals surface area contributed by atoms with E-state index in [4.69, 9.17) is 17.3 Å². The fraction of sp³-hybridized carbons (Fsp3) is 0.100. The first-order valence-electron chi connectivity index (χ1n) is 4.33. The number of anilines is 1. The molecule has 1 heterocycles. The molecule has 0 bridgehead atoms. The lowest BCUT2D eigenvalue weighted by Gasteiger charge is -2.00. The Hall–Kier alpha value is -0.710. The summed E-state index contributed by atoms with van der Waals surface area (Å²) in [6.45, 7) is 0. The minimum Gasteiger partial charge on any atom is -0.383 e. The number of nitrogens with two attached hydrogens (primary N) is 1. The number of hydrogen-bond acceptors (Lipinski definition) is 4. The van der Waals surface area contributed by atoms with Gasteiger partial charge in [0.15, 0.2) is 0 Å². The summed E-state index contributed by atoms with van der Waals surface area (Å²) < 4.78 is 0. The van der Waals surface area contributed by atoms with Gasteiger partial charge < -0.3 is 5.73 Å². The van der Waals surface area contributed by atoms with Crippen LogP contribution in [-0.2, 0) is 5.75 Å². The second-order valence-electron chi connectivity index (χ2n) is 2.89. The van der Waals surface area contributed by atoms with Gasteiger partial charge >= 0.3 is 0 Å². The number of benzene rings is 1.